The lowest BCUT2D eigenvalue weighted by Crippen LogP contribution is -2.22. The monoisotopic (exact) mass is 486 g/mol. The third-order valence-electron chi connectivity index (χ3n) is 5.20. The van der Waals surface area contributed by atoms with Crippen molar-refractivity contribution >= 4 is 29.0 Å². The molecule has 34 heavy (non-hydrogen) atoms. The maximum atomic E-state index is 12.6. The normalized spacial score (nSPS) is 10.9. The number of carbonyl (C=O) groups is 1. The van der Waals surface area contributed by atoms with Crippen LogP contribution in [0.2, 0.25) is 0 Å². The standard InChI is InChI=1S/C26H22N4O2S2/c31-25(27-16-22-11-5-13-32-22)21-10-4-9-20(15-21)18-34-26-29-28-24(23-12-6-14-33-23)30(26)17-19-7-2-1-3-8-19/h1-15H,16-18H2,(H,27,31). The molecule has 0 aliphatic carbocycles. The maximum Gasteiger partial charge on any atom is 0.251 e. The van der Waals surface area contributed by atoms with Crippen LogP contribution in [0.3, 0.4) is 0 Å². The molecule has 0 aliphatic rings. The van der Waals surface area contributed by atoms with Crippen LogP contribution in [-0.4, -0.2) is 20.7 Å². The zero-order valence-corrected chi connectivity index (χ0v) is 19.9. The van der Waals surface area contributed by atoms with Gasteiger partial charge in [0, 0.05) is 11.3 Å². The van der Waals surface area contributed by atoms with Gasteiger partial charge in [-0.1, -0.05) is 60.3 Å². The van der Waals surface area contributed by atoms with E-state index in [4.69, 9.17) is 4.42 Å². The van der Waals surface area contributed by atoms with Gasteiger partial charge in [-0.2, -0.15) is 0 Å². The summed E-state index contributed by atoms with van der Waals surface area (Å²) in [4.78, 5) is 13.7. The molecule has 0 bridgehead atoms. The molecule has 6 nitrogen and oxygen atoms in total. The molecule has 170 valence electrons. The maximum absolute atomic E-state index is 12.6. The largest absolute Gasteiger partial charge is 0.467 e. The van der Waals surface area contributed by atoms with Gasteiger partial charge in [0.15, 0.2) is 11.0 Å². The Bertz CT molecular complexity index is 1350. The van der Waals surface area contributed by atoms with E-state index in [1.54, 1.807) is 35.4 Å². The zero-order chi connectivity index (χ0) is 23.2. The fourth-order valence-electron chi connectivity index (χ4n) is 3.52. The molecule has 0 saturated carbocycles. The van der Waals surface area contributed by atoms with Crippen molar-refractivity contribution in [2.24, 2.45) is 0 Å². The molecule has 5 rings (SSSR count). The van der Waals surface area contributed by atoms with Crippen LogP contribution in [0.15, 0.2) is 100 Å². The molecule has 2 aromatic carbocycles. The molecular formula is C26H22N4O2S2. The summed E-state index contributed by atoms with van der Waals surface area (Å²) >= 11 is 3.27. The molecule has 0 unspecified atom stereocenters. The second-order valence-corrected chi connectivity index (χ2v) is 9.50. The first kappa shape index (κ1) is 22.2. The van der Waals surface area contributed by atoms with Crippen molar-refractivity contribution in [3.05, 3.63) is 113 Å². The number of nitrogens with zero attached hydrogens (tertiary/aromatic N) is 3. The summed E-state index contributed by atoms with van der Waals surface area (Å²) in [6.07, 6.45) is 1.60. The Balaban J connectivity index is 1.31. The Labute approximate surface area is 205 Å². The third kappa shape index (κ3) is 5.30. The molecule has 0 spiro atoms. The Morgan fingerprint density at radius 1 is 0.971 bits per heavy atom. The lowest BCUT2D eigenvalue weighted by molar-refractivity contribution is 0.0948. The lowest BCUT2D eigenvalue weighted by Gasteiger charge is -2.10. The van der Waals surface area contributed by atoms with Crippen LogP contribution in [0.25, 0.3) is 10.7 Å². The molecule has 0 saturated heterocycles. The third-order valence-corrected chi connectivity index (χ3v) is 7.11. The highest BCUT2D eigenvalue weighted by Gasteiger charge is 2.16. The van der Waals surface area contributed by atoms with E-state index in [2.05, 4.69) is 38.3 Å². The van der Waals surface area contributed by atoms with Crippen molar-refractivity contribution in [1.29, 1.82) is 0 Å². The number of aromatic nitrogens is 3. The Morgan fingerprint density at radius 3 is 2.65 bits per heavy atom. The summed E-state index contributed by atoms with van der Waals surface area (Å²) in [6, 6.07) is 25.7. The number of carbonyl (C=O) groups excluding carboxylic acids is 1. The number of thioether (sulfide) groups is 1. The van der Waals surface area contributed by atoms with E-state index < -0.39 is 0 Å². The number of hydrogen-bond acceptors (Lipinski definition) is 6. The molecule has 5 aromatic rings. The SMILES string of the molecule is O=C(NCc1ccco1)c1cccc(CSc2nnc(-c3cccs3)n2Cc2ccccc2)c1. The van der Waals surface area contributed by atoms with E-state index in [9.17, 15) is 4.79 Å². The van der Waals surface area contributed by atoms with Crippen molar-refractivity contribution in [2.45, 2.75) is 24.0 Å². The minimum atomic E-state index is -0.129. The fraction of sp³-hybridized carbons (Fsp3) is 0.115. The Morgan fingerprint density at radius 2 is 1.85 bits per heavy atom. The Hall–Kier alpha value is -3.62. The molecule has 0 fully saturated rings. The first-order chi connectivity index (χ1) is 16.8. The summed E-state index contributed by atoms with van der Waals surface area (Å²) in [5.41, 5.74) is 2.86. The average molecular weight is 487 g/mol. The number of benzene rings is 2. The number of rotatable bonds is 9. The predicted molar refractivity (Wildman–Crippen MR) is 135 cm³/mol. The van der Waals surface area contributed by atoms with Crippen LogP contribution in [-0.2, 0) is 18.8 Å². The molecule has 3 heterocycles. The minimum Gasteiger partial charge on any atom is -0.467 e. The number of furan rings is 1. The molecular weight excluding hydrogens is 464 g/mol. The number of amides is 1. The summed E-state index contributed by atoms with van der Waals surface area (Å²) in [6.45, 7) is 1.05. The molecule has 0 aliphatic heterocycles. The zero-order valence-electron chi connectivity index (χ0n) is 18.3. The second kappa shape index (κ2) is 10.5. The van der Waals surface area contributed by atoms with Crippen molar-refractivity contribution < 1.29 is 9.21 Å². The molecule has 3 aromatic heterocycles. The van der Waals surface area contributed by atoms with Crippen molar-refractivity contribution in [1.82, 2.24) is 20.1 Å². The van der Waals surface area contributed by atoms with Gasteiger partial charge in [-0.3, -0.25) is 9.36 Å². The van der Waals surface area contributed by atoms with Gasteiger partial charge in [0.1, 0.15) is 5.76 Å². The van der Waals surface area contributed by atoms with E-state index in [-0.39, 0.29) is 5.91 Å². The first-order valence-corrected chi connectivity index (χ1v) is 12.7. The quantitative estimate of drug-likeness (QED) is 0.264. The first-order valence-electron chi connectivity index (χ1n) is 10.8. The smallest absolute Gasteiger partial charge is 0.251 e. The highest BCUT2D eigenvalue weighted by atomic mass is 32.2. The van der Waals surface area contributed by atoms with Crippen molar-refractivity contribution in [2.75, 3.05) is 0 Å². The number of hydrogen-bond donors (Lipinski definition) is 1. The van der Waals surface area contributed by atoms with Crippen LogP contribution in [0.1, 0.15) is 27.2 Å². The highest BCUT2D eigenvalue weighted by Crippen LogP contribution is 2.29. The fourth-order valence-corrected chi connectivity index (χ4v) is 5.12. The van der Waals surface area contributed by atoms with Gasteiger partial charge in [-0.15, -0.1) is 21.5 Å². The summed E-state index contributed by atoms with van der Waals surface area (Å²) in [7, 11) is 0. The van der Waals surface area contributed by atoms with E-state index in [0.29, 0.717) is 24.4 Å². The van der Waals surface area contributed by atoms with Gasteiger partial charge in [-0.25, -0.2) is 0 Å². The highest BCUT2D eigenvalue weighted by molar-refractivity contribution is 7.98. The van der Waals surface area contributed by atoms with Crippen molar-refractivity contribution in [3.63, 3.8) is 0 Å². The second-order valence-electron chi connectivity index (χ2n) is 7.61. The molecule has 1 amide bonds. The van der Waals surface area contributed by atoms with E-state index in [0.717, 1.165) is 27.2 Å². The average Bonchev–Trinajstić information content (AvgIpc) is 3.65. The summed E-state index contributed by atoms with van der Waals surface area (Å²) in [5.74, 6) is 2.14. The van der Waals surface area contributed by atoms with Crippen LogP contribution in [0, 0.1) is 0 Å². The van der Waals surface area contributed by atoms with Gasteiger partial charge in [-0.05, 0) is 46.8 Å². The van der Waals surface area contributed by atoms with Gasteiger partial charge >= 0.3 is 0 Å². The molecule has 8 heteroatoms. The van der Waals surface area contributed by atoms with Crippen LogP contribution in [0.5, 0.6) is 0 Å². The lowest BCUT2D eigenvalue weighted by atomic mass is 10.1. The van der Waals surface area contributed by atoms with Crippen LogP contribution < -0.4 is 5.32 Å². The molecule has 0 radical (unpaired) electrons. The van der Waals surface area contributed by atoms with E-state index in [1.165, 1.54) is 5.56 Å². The van der Waals surface area contributed by atoms with Crippen molar-refractivity contribution in [3.8, 4) is 10.7 Å². The minimum absolute atomic E-state index is 0.129. The molecule has 0 atom stereocenters. The predicted octanol–water partition coefficient (Wildman–Crippen LogP) is 5.87. The number of nitrogens with one attached hydrogen (secondary N) is 1. The van der Waals surface area contributed by atoms with Crippen LogP contribution in [0.4, 0.5) is 0 Å². The van der Waals surface area contributed by atoms with Crippen LogP contribution >= 0.6 is 23.1 Å². The topological polar surface area (TPSA) is 73.0 Å². The van der Waals surface area contributed by atoms with E-state index >= 15 is 0 Å². The molecule has 1 N–H and O–H groups in total. The summed E-state index contributed by atoms with van der Waals surface area (Å²) < 4.78 is 7.44. The van der Waals surface area contributed by atoms with Gasteiger partial charge < -0.3 is 9.73 Å². The Kier molecular flexibility index (Phi) is 6.88. The van der Waals surface area contributed by atoms with Gasteiger partial charge in [0.2, 0.25) is 0 Å². The number of thiophene rings is 1. The van der Waals surface area contributed by atoms with Gasteiger partial charge in [0.05, 0.1) is 24.2 Å². The summed E-state index contributed by atoms with van der Waals surface area (Å²) in [5, 5.41) is 14.8. The van der Waals surface area contributed by atoms with Gasteiger partial charge in [0.25, 0.3) is 5.91 Å². The van der Waals surface area contributed by atoms with E-state index in [1.807, 2.05) is 60.0 Å².